The molecule has 0 N–H and O–H groups in total. The zero-order valence-electron chi connectivity index (χ0n) is 9.87. The van der Waals surface area contributed by atoms with Gasteiger partial charge in [0.15, 0.2) is 0 Å². The van der Waals surface area contributed by atoms with Crippen LogP contribution in [0.5, 0.6) is 0 Å². The van der Waals surface area contributed by atoms with Crippen molar-refractivity contribution in [3.05, 3.63) is 30.3 Å². The van der Waals surface area contributed by atoms with Crippen LogP contribution < -0.4 is 5.01 Å². The van der Waals surface area contributed by atoms with Crippen LogP contribution in [0.15, 0.2) is 35.4 Å². The summed E-state index contributed by atoms with van der Waals surface area (Å²) in [4.78, 5) is 0. The van der Waals surface area contributed by atoms with Crippen LogP contribution in [0, 0.1) is 0 Å². The highest BCUT2D eigenvalue weighted by molar-refractivity contribution is 5.62. The van der Waals surface area contributed by atoms with Crippen LogP contribution in [0.25, 0.3) is 0 Å². The van der Waals surface area contributed by atoms with E-state index in [9.17, 15) is 0 Å². The number of para-hydroxylation sites is 1. The van der Waals surface area contributed by atoms with E-state index in [-0.39, 0.29) is 0 Å². The van der Waals surface area contributed by atoms with Gasteiger partial charge in [-0.15, -0.1) is 0 Å². The van der Waals surface area contributed by atoms with E-state index in [0.717, 1.165) is 25.4 Å². The van der Waals surface area contributed by atoms with Crippen LogP contribution in [0.1, 0.15) is 13.8 Å². The number of rotatable bonds is 4. The highest BCUT2D eigenvalue weighted by Crippen LogP contribution is 2.17. The van der Waals surface area contributed by atoms with Crippen molar-refractivity contribution in [2.24, 2.45) is 5.10 Å². The number of hydrazine groups is 1. The lowest BCUT2D eigenvalue weighted by molar-refractivity contribution is 0.0715. The fraction of sp³-hybridized carbons (Fsp3) is 0.417. The van der Waals surface area contributed by atoms with E-state index in [4.69, 9.17) is 0 Å². The minimum Gasteiger partial charge on any atom is -0.272 e. The molecule has 0 saturated carbocycles. The van der Waals surface area contributed by atoms with E-state index < -0.39 is 0 Å². The second-order valence-corrected chi connectivity index (χ2v) is 3.69. The highest BCUT2D eigenvalue weighted by Gasteiger charge is 2.18. The molecule has 0 aromatic heterocycles. The van der Waals surface area contributed by atoms with Gasteiger partial charge in [0.1, 0.15) is 13.0 Å². The van der Waals surface area contributed by atoms with Gasteiger partial charge < -0.3 is 0 Å². The normalized spacial score (nSPS) is 15.2. The van der Waals surface area contributed by atoms with Crippen LogP contribution in [-0.4, -0.2) is 36.1 Å². The molecule has 1 aliphatic heterocycles. The molecular formula is C12H18N4. The Morgan fingerprint density at radius 3 is 2.50 bits per heavy atom. The first-order valence-electron chi connectivity index (χ1n) is 5.73. The largest absolute Gasteiger partial charge is 0.272 e. The molecule has 0 spiro atoms. The first-order chi connectivity index (χ1) is 7.85. The quantitative estimate of drug-likeness (QED) is 0.771. The summed E-state index contributed by atoms with van der Waals surface area (Å²) in [6, 6.07) is 10.2. The van der Waals surface area contributed by atoms with Gasteiger partial charge in [0.25, 0.3) is 0 Å². The third kappa shape index (κ3) is 2.17. The molecule has 0 saturated heterocycles. The highest BCUT2D eigenvalue weighted by atomic mass is 15.7. The molecule has 16 heavy (non-hydrogen) atoms. The second-order valence-electron chi connectivity index (χ2n) is 3.69. The summed E-state index contributed by atoms with van der Waals surface area (Å²) in [6.45, 7) is 7.12. The molecule has 1 aromatic rings. The number of hydrogen-bond donors (Lipinski definition) is 0. The number of benzene rings is 1. The molecule has 1 heterocycles. The topological polar surface area (TPSA) is 22.1 Å². The lowest BCUT2D eigenvalue weighted by Crippen LogP contribution is -2.42. The van der Waals surface area contributed by atoms with Gasteiger partial charge in [0, 0.05) is 13.1 Å². The summed E-state index contributed by atoms with van der Waals surface area (Å²) in [5.41, 5.74) is 1.13. The molecule has 0 atom stereocenters. The maximum absolute atomic E-state index is 4.40. The Balaban J connectivity index is 2.02. The van der Waals surface area contributed by atoms with Crippen LogP contribution in [0.3, 0.4) is 0 Å². The van der Waals surface area contributed by atoms with Gasteiger partial charge in [0.2, 0.25) is 0 Å². The van der Waals surface area contributed by atoms with E-state index in [1.54, 1.807) is 0 Å². The summed E-state index contributed by atoms with van der Waals surface area (Å²) in [6.07, 6.45) is 1.89. The standard InChI is InChI=1S/C12H18N4/c1-3-14(4-2)15-10-13-16(11-15)12-8-6-5-7-9-12/h5-10H,3-4,11H2,1-2H3. The van der Waals surface area contributed by atoms with E-state index >= 15 is 0 Å². The van der Waals surface area contributed by atoms with Gasteiger partial charge in [-0.3, -0.25) is 5.01 Å². The molecular weight excluding hydrogens is 200 g/mol. The van der Waals surface area contributed by atoms with Crippen molar-refractivity contribution in [1.29, 1.82) is 0 Å². The SMILES string of the molecule is CCN(CC)N1C=NN(c2ccccc2)C1. The third-order valence-electron chi connectivity index (χ3n) is 2.75. The van der Waals surface area contributed by atoms with E-state index in [1.807, 2.05) is 29.5 Å². The zero-order valence-corrected chi connectivity index (χ0v) is 9.87. The molecule has 0 fully saturated rings. The van der Waals surface area contributed by atoms with Gasteiger partial charge in [0.05, 0.1) is 5.69 Å². The van der Waals surface area contributed by atoms with Crippen LogP contribution >= 0.6 is 0 Å². The maximum atomic E-state index is 4.40. The zero-order chi connectivity index (χ0) is 11.4. The average molecular weight is 218 g/mol. The van der Waals surface area contributed by atoms with Crippen LogP contribution in [0.4, 0.5) is 5.69 Å². The van der Waals surface area contributed by atoms with Gasteiger partial charge in [-0.05, 0) is 12.1 Å². The molecule has 1 aromatic carbocycles. The van der Waals surface area contributed by atoms with E-state index in [1.165, 1.54) is 0 Å². The van der Waals surface area contributed by atoms with Gasteiger partial charge in [-0.1, -0.05) is 32.0 Å². The van der Waals surface area contributed by atoms with Gasteiger partial charge in [-0.25, -0.2) is 10.0 Å². The van der Waals surface area contributed by atoms with Crippen molar-refractivity contribution in [3.8, 4) is 0 Å². The monoisotopic (exact) mass is 218 g/mol. The lowest BCUT2D eigenvalue weighted by atomic mass is 10.3. The summed E-state index contributed by atoms with van der Waals surface area (Å²) < 4.78 is 0. The molecule has 4 heteroatoms. The van der Waals surface area contributed by atoms with Gasteiger partial charge in [-0.2, -0.15) is 5.10 Å². The Bertz CT molecular complexity index is 345. The average Bonchev–Trinajstić information content (AvgIpc) is 2.81. The minimum absolute atomic E-state index is 0.797. The second kappa shape index (κ2) is 4.99. The number of anilines is 1. The summed E-state index contributed by atoms with van der Waals surface area (Å²) in [7, 11) is 0. The molecule has 1 aliphatic rings. The molecule has 2 rings (SSSR count). The Morgan fingerprint density at radius 2 is 1.88 bits per heavy atom. The third-order valence-corrected chi connectivity index (χ3v) is 2.75. The van der Waals surface area contributed by atoms with Crippen molar-refractivity contribution in [2.45, 2.75) is 13.8 Å². The smallest absolute Gasteiger partial charge is 0.128 e. The van der Waals surface area contributed by atoms with Crippen molar-refractivity contribution >= 4 is 12.0 Å². The predicted octanol–water partition coefficient (Wildman–Crippen LogP) is 1.97. The minimum atomic E-state index is 0.797. The van der Waals surface area contributed by atoms with Crippen LogP contribution in [0.2, 0.25) is 0 Å². The Morgan fingerprint density at radius 1 is 1.19 bits per heavy atom. The van der Waals surface area contributed by atoms with Crippen molar-refractivity contribution in [3.63, 3.8) is 0 Å². The van der Waals surface area contributed by atoms with Crippen molar-refractivity contribution in [2.75, 3.05) is 24.8 Å². The molecule has 4 nitrogen and oxygen atoms in total. The Labute approximate surface area is 96.7 Å². The number of nitrogens with zero attached hydrogens (tertiary/aromatic N) is 4. The predicted molar refractivity (Wildman–Crippen MR) is 67.0 cm³/mol. The molecule has 0 unspecified atom stereocenters. The first-order valence-corrected chi connectivity index (χ1v) is 5.73. The van der Waals surface area contributed by atoms with Crippen molar-refractivity contribution < 1.29 is 0 Å². The lowest BCUT2D eigenvalue weighted by Gasteiger charge is -2.29. The molecule has 86 valence electrons. The maximum Gasteiger partial charge on any atom is 0.128 e. The first kappa shape index (κ1) is 11.0. The summed E-state index contributed by atoms with van der Waals surface area (Å²) in [5, 5.41) is 10.8. The molecule has 0 aliphatic carbocycles. The molecule has 0 amide bonds. The van der Waals surface area contributed by atoms with Crippen molar-refractivity contribution in [1.82, 2.24) is 10.0 Å². The fourth-order valence-corrected chi connectivity index (χ4v) is 1.83. The number of hydrogen-bond acceptors (Lipinski definition) is 4. The molecule has 0 radical (unpaired) electrons. The van der Waals surface area contributed by atoms with E-state index in [2.05, 4.69) is 41.1 Å². The molecule has 0 bridgehead atoms. The van der Waals surface area contributed by atoms with E-state index in [0.29, 0.717) is 0 Å². The summed E-state index contributed by atoms with van der Waals surface area (Å²) in [5.74, 6) is 0. The van der Waals surface area contributed by atoms with Gasteiger partial charge >= 0.3 is 0 Å². The Hall–Kier alpha value is -1.55. The number of hydrazone groups is 1. The Kier molecular flexibility index (Phi) is 3.41. The van der Waals surface area contributed by atoms with Crippen LogP contribution in [-0.2, 0) is 0 Å². The summed E-state index contributed by atoms with van der Waals surface area (Å²) >= 11 is 0. The fourth-order valence-electron chi connectivity index (χ4n) is 1.83.